The number of aryl methyl sites for hydroxylation is 2. The van der Waals surface area contributed by atoms with Gasteiger partial charge in [-0.15, -0.1) is 21.5 Å². The lowest BCUT2D eigenvalue weighted by atomic mass is 10.3. The van der Waals surface area contributed by atoms with Crippen LogP contribution in [0.3, 0.4) is 0 Å². The molecule has 98 valence electrons. The van der Waals surface area contributed by atoms with E-state index in [0.717, 1.165) is 28.9 Å². The Morgan fingerprint density at radius 3 is 2.78 bits per heavy atom. The van der Waals surface area contributed by atoms with Crippen molar-refractivity contribution in [2.24, 2.45) is 0 Å². The zero-order valence-electron chi connectivity index (χ0n) is 11.3. The number of thiazole rings is 1. The van der Waals surface area contributed by atoms with E-state index in [2.05, 4.69) is 44.3 Å². The Balaban J connectivity index is 1.99. The molecular formula is C12H19N5S. The van der Waals surface area contributed by atoms with E-state index >= 15 is 0 Å². The van der Waals surface area contributed by atoms with E-state index in [1.54, 1.807) is 11.3 Å². The third-order valence-electron chi connectivity index (χ3n) is 2.90. The van der Waals surface area contributed by atoms with Gasteiger partial charge in [-0.05, 0) is 27.7 Å². The minimum Gasteiger partial charge on any atom is -0.314 e. The van der Waals surface area contributed by atoms with Gasteiger partial charge in [0.25, 0.3) is 0 Å². The Kier molecular flexibility index (Phi) is 4.08. The summed E-state index contributed by atoms with van der Waals surface area (Å²) < 4.78 is 2.12. The van der Waals surface area contributed by atoms with Crippen LogP contribution in [0.4, 0.5) is 0 Å². The maximum atomic E-state index is 4.48. The van der Waals surface area contributed by atoms with E-state index in [9.17, 15) is 0 Å². The molecule has 18 heavy (non-hydrogen) atoms. The van der Waals surface area contributed by atoms with Crippen molar-refractivity contribution in [3.8, 4) is 0 Å². The second kappa shape index (κ2) is 5.58. The van der Waals surface area contributed by atoms with Crippen LogP contribution in [-0.4, -0.2) is 19.7 Å². The van der Waals surface area contributed by atoms with Gasteiger partial charge in [-0.3, -0.25) is 0 Å². The Morgan fingerprint density at radius 1 is 1.39 bits per heavy atom. The molecule has 0 radical (unpaired) electrons. The third-order valence-corrected chi connectivity index (χ3v) is 4.05. The summed E-state index contributed by atoms with van der Waals surface area (Å²) in [6.07, 6.45) is 0. The van der Waals surface area contributed by atoms with Crippen LogP contribution < -0.4 is 5.32 Å². The second-order valence-corrected chi connectivity index (χ2v) is 5.23. The summed E-state index contributed by atoms with van der Waals surface area (Å²) in [5, 5.41) is 14.9. The van der Waals surface area contributed by atoms with Gasteiger partial charge < -0.3 is 9.88 Å². The molecule has 5 nitrogen and oxygen atoms in total. The molecule has 2 aromatic rings. The van der Waals surface area contributed by atoms with Crippen molar-refractivity contribution < 1.29 is 0 Å². The molecular weight excluding hydrogens is 246 g/mol. The largest absolute Gasteiger partial charge is 0.314 e. The summed E-state index contributed by atoms with van der Waals surface area (Å²) in [4.78, 5) is 4.48. The first-order valence-corrected chi connectivity index (χ1v) is 7.03. The molecule has 0 amide bonds. The lowest BCUT2D eigenvalue weighted by Crippen LogP contribution is -2.20. The quantitative estimate of drug-likeness (QED) is 0.900. The average molecular weight is 265 g/mol. The SMILES string of the molecule is CCn1c(C)nnc1CN[C@H](C)c1nc(C)cs1. The van der Waals surface area contributed by atoms with Crippen molar-refractivity contribution in [2.45, 2.75) is 46.8 Å². The molecule has 0 unspecified atom stereocenters. The van der Waals surface area contributed by atoms with Gasteiger partial charge in [0.15, 0.2) is 0 Å². The van der Waals surface area contributed by atoms with Crippen LogP contribution in [-0.2, 0) is 13.1 Å². The van der Waals surface area contributed by atoms with E-state index in [1.165, 1.54) is 0 Å². The van der Waals surface area contributed by atoms with Crippen molar-refractivity contribution in [1.29, 1.82) is 0 Å². The highest BCUT2D eigenvalue weighted by atomic mass is 32.1. The molecule has 1 N–H and O–H groups in total. The molecule has 1 atom stereocenters. The van der Waals surface area contributed by atoms with Crippen LogP contribution in [0.5, 0.6) is 0 Å². The normalized spacial score (nSPS) is 12.9. The van der Waals surface area contributed by atoms with Gasteiger partial charge >= 0.3 is 0 Å². The van der Waals surface area contributed by atoms with Crippen LogP contribution in [0.15, 0.2) is 5.38 Å². The van der Waals surface area contributed by atoms with E-state index in [0.29, 0.717) is 6.54 Å². The Morgan fingerprint density at radius 2 is 2.17 bits per heavy atom. The summed E-state index contributed by atoms with van der Waals surface area (Å²) in [6, 6.07) is 0.242. The maximum absolute atomic E-state index is 4.48. The van der Waals surface area contributed by atoms with Gasteiger partial charge in [0, 0.05) is 17.6 Å². The maximum Gasteiger partial charge on any atom is 0.147 e. The third kappa shape index (κ3) is 2.76. The summed E-state index contributed by atoms with van der Waals surface area (Å²) >= 11 is 1.69. The zero-order chi connectivity index (χ0) is 13.1. The Labute approximate surface area is 111 Å². The minimum atomic E-state index is 0.242. The van der Waals surface area contributed by atoms with Crippen molar-refractivity contribution in [2.75, 3.05) is 0 Å². The number of rotatable bonds is 5. The molecule has 6 heteroatoms. The van der Waals surface area contributed by atoms with Crippen LogP contribution >= 0.6 is 11.3 Å². The summed E-state index contributed by atoms with van der Waals surface area (Å²) in [5.41, 5.74) is 1.08. The summed E-state index contributed by atoms with van der Waals surface area (Å²) in [6.45, 7) is 9.84. The fourth-order valence-corrected chi connectivity index (χ4v) is 2.70. The van der Waals surface area contributed by atoms with Crippen LogP contribution in [0, 0.1) is 13.8 Å². The van der Waals surface area contributed by atoms with Crippen LogP contribution in [0.25, 0.3) is 0 Å². The standard InChI is InChI=1S/C12H19N5S/c1-5-17-10(4)15-16-11(17)6-13-9(3)12-14-8(2)7-18-12/h7,9,13H,5-6H2,1-4H3/t9-/m1/s1. The first kappa shape index (κ1) is 13.2. The molecule has 0 bridgehead atoms. The number of hydrogen-bond donors (Lipinski definition) is 1. The fraction of sp³-hybridized carbons (Fsp3) is 0.583. The van der Waals surface area contributed by atoms with Gasteiger partial charge in [0.05, 0.1) is 12.6 Å². The summed E-state index contributed by atoms with van der Waals surface area (Å²) in [7, 11) is 0. The zero-order valence-corrected chi connectivity index (χ0v) is 12.1. The predicted octanol–water partition coefficient (Wildman–Crippen LogP) is 2.22. The topological polar surface area (TPSA) is 55.6 Å². The Bertz CT molecular complexity index is 516. The van der Waals surface area contributed by atoms with E-state index in [1.807, 2.05) is 13.8 Å². The molecule has 2 aromatic heterocycles. The number of nitrogens with zero attached hydrogens (tertiary/aromatic N) is 4. The van der Waals surface area contributed by atoms with Gasteiger partial charge in [-0.2, -0.15) is 0 Å². The lowest BCUT2D eigenvalue weighted by Gasteiger charge is -2.11. The highest BCUT2D eigenvalue weighted by Gasteiger charge is 2.12. The van der Waals surface area contributed by atoms with Crippen molar-refractivity contribution >= 4 is 11.3 Å². The minimum absolute atomic E-state index is 0.242. The molecule has 0 saturated heterocycles. The van der Waals surface area contributed by atoms with Crippen LogP contribution in [0.2, 0.25) is 0 Å². The predicted molar refractivity (Wildman–Crippen MR) is 72.5 cm³/mol. The van der Waals surface area contributed by atoms with Gasteiger partial charge in [0.1, 0.15) is 16.7 Å². The van der Waals surface area contributed by atoms with E-state index in [4.69, 9.17) is 0 Å². The smallest absolute Gasteiger partial charge is 0.147 e. The summed E-state index contributed by atoms with van der Waals surface area (Å²) in [5.74, 6) is 1.95. The van der Waals surface area contributed by atoms with Gasteiger partial charge in [-0.1, -0.05) is 0 Å². The second-order valence-electron chi connectivity index (χ2n) is 4.34. The van der Waals surface area contributed by atoms with Crippen molar-refractivity contribution in [3.05, 3.63) is 27.7 Å². The highest BCUT2D eigenvalue weighted by molar-refractivity contribution is 7.09. The molecule has 0 saturated carbocycles. The highest BCUT2D eigenvalue weighted by Crippen LogP contribution is 2.17. The molecule has 0 spiro atoms. The molecule has 0 aliphatic carbocycles. The molecule has 0 aliphatic heterocycles. The molecule has 2 heterocycles. The van der Waals surface area contributed by atoms with Crippen molar-refractivity contribution in [3.63, 3.8) is 0 Å². The van der Waals surface area contributed by atoms with Crippen LogP contribution in [0.1, 0.15) is 42.2 Å². The van der Waals surface area contributed by atoms with Crippen molar-refractivity contribution in [1.82, 2.24) is 25.1 Å². The lowest BCUT2D eigenvalue weighted by molar-refractivity contribution is 0.535. The molecule has 0 aromatic carbocycles. The average Bonchev–Trinajstić information content (AvgIpc) is 2.92. The number of hydrogen-bond acceptors (Lipinski definition) is 5. The Hall–Kier alpha value is -1.27. The molecule has 0 aliphatic rings. The van der Waals surface area contributed by atoms with Gasteiger partial charge in [-0.25, -0.2) is 4.98 Å². The van der Waals surface area contributed by atoms with Gasteiger partial charge in [0.2, 0.25) is 0 Å². The first-order valence-electron chi connectivity index (χ1n) is 6.16. The monoisotopic (exact) mass is 265 g/mol. The fourth-order valence-electron chi connectivity index (χ4n) is 1.87. The van der Waals surface area contributed by atoms with E-state index in [-0.39, 0.29) is 6.04 Å². The molecule has 2 rings (SSSR count). The van der Waals surface area contributed by atoms with E-state index < -0.39 is 0 Å². The first-order chi connectivity index (χ1) is 8.61. The number of nitrogens with one attached hydrogen (secondary N) is 1. The molecule has 0 fully saturated rings. The number of aromatic nitrogens is 4.